The van der Waals surface area contributed by atoms with Crippen molar-refractivity contribution < 1.29 is 4.57 Å². The zero-order valence-electron chi connectivity index (χ0n) is 15.3. The van der Waals surface area contributed by atoms with Gasteiger partial charge in [-0.1, -0.05) is 33.8 Å². The lowest BCUT2D eigenvalue weighted by molar-refractivity contribution is -0.748. The zero-order valence-corrected chi connectivity index (χ0v) is 15.3. The van der Waals surface area contributed by atoms with Crippen molar-refractivity contribution >= 4 is 5.82 Å². The highest BCUT2D eigenvalue weighted by molar-refractivity contribution is 5.36. The topological polar surface area (TPSA) is 28.8 Å². The van der Waals surface area contributed by atoms with Crippen LogP contribution in [-0.2, 0) is 5.54 Å². The summed E-state index contributed by atoms with van der Waals surface area (Å²) in [6.07, 6.45) is 4.32. The number of anilines is 1. The molecule has 0 bridgehead atoms. The lowest BCUT2D eigenvalue weighted by atomic mass is 9.98. The Morgan fingerprint density at radius 2 is 1.70 bits per heavy atom. The molecule has 2 rings (SSSR count). The number of rotatable bonds is 6. The van der Waals surface area contributed by atoms with E-state index >= 15 is 0 Å². The Kier molecular flexibility index (Phi) is 5.40. The van der Waals surface area contributed by atoms with Crippen molar-refractivity contribution in [3.63, 3.8) is 0 Å². The molecule has 0 amide bonds. The van der Waals surface area contributed by atoms with Gasteiger partial charge in [-0.05, 0) is 29.5 Å². The average molecular weight is 312 g/mol. The van der Waals surface area contributed by atoms with E-state index in [2.05, 4.69) is 88.1 Å². The van der Waals surface area contributed by atoms with Crippen molar-refractivity contribution in [3.05, 3.63) is 54.0 Å². The van der Waals surface area contributed by atoms with Crippen molar-refractivity contribution in [1.29, 1.82) is 0 Å². The fraction of sp³-hybridized carbons (Fsp3) is 0.500. The van der Waals surface area contributed by atoms with E-state index < -0.39 is 0 Å². The van der Waals surface area contributed by atoms with Gasteiger partial charge in [0.05, 0.1) is 0 Å². The van der Waals surface area contributed by atoms with E-state index in [9.17, 15) is 0 Å². The minimum absolute atomic E-state index is 0.189. The summed E-state index contributed by atoms with van der Waals surface area (Å²) < 4.78 is 2.23. The molecule has 0 spiro atoms. The number of hydrogen-bond acceptors (Lipinski definition) is 2. The molecule has 3 nitrogen and oxygen atoms in total. The molecule has 2 heterocycles. The second-order valence-electron chi connectivity index (χ2n) is 7.44. The number of nitrogens with zero attached hydrogens (tertiary/aromatic N) is 2. The van der Waals surface area contributed by atoms with E-state index in [1.54, 1.807) is 0 Å². The minimum atomic E-state index is -0.189. The maximum absolute atomic E-state index is 4.82. The minimum Gasteiger partial charge on any atom is -0.370 e. The molecule has 0 aliphatic carbocycles. The Hall–Kier alpha value is -1.90. The first-order chi connectivity index (χ1) is 10.8. The molecule has 23 heavy (non-hydrogen) atoms. The van der Waals surface area contributed by atoms with Crippen LogP contribution in [0.3, 0.4) is 0 Å². The van der Waals surface area contributed by atoms with Crippen LogP contribution < -0.4 is 9.88 Å². The molecule has 0 radical (unpaired) electrons. The van der Waals surface area contributed by atoms with E-state index in [0.717, 1.165) is 18.1 Å². The first kappa shape index (κ1) is 17.5. The third-order valence-electron chi connectivity index (χ3n) is 4.23. The highest BCUT2D eigenvalue weighted by atomic mass is 15.1. The van der Waals surface area contributed by atoms with Crippen LogP contribution in [0.1, 0.15) is 58.7 Å². The first-order valence-corrected chi connectivity index (χ1v) is 8.54. The SMILES string of the molecule is CC(C)CNc1cccc(C(C)(C)[n+]2ccc(C(C)C)cc2)n1. The Labute approximate surface area is 140 Å². The molecule has 0 saturated heterocycles. The predicted octanol–water partition coefficient (Wildman–Crippen LogP) is 4.34. The maximum atomic E-state index is 4.82. The van der Waals surface area contributed by atoms with Crippen LogP contribution >= 0.6 is 0 Å². The number of hydrogen-bond donors (Lipinski definition) is 1. The summed E-state index contributed by atoms with van der Waals surface area (Å²) in [4.78, 5) is 4.82. The van der Waals surface area contributed by atoms with E-state index in [-0.39, 0.29) is 5.54 Å². The summed E-state index contributed by atoms with van der Waals surface area (Å²) in [5.41, 5.74) is 2.23. The van der Waals surface area contributed by atoms with E-state index in [1.807, 2.05) is 6.07 Å². The predicted molar refractivity (Wildman–Crippen MR) is 96.7 cm³/mol. The molecule has 1 N–H and O–H groups in total. The van der Waals surface area contributed by atoms with Crippen LogP contribution in [0.25, 0.3) is 0 Å². The van der Waals surface area contributed by atoms with Gasteiger partial charge < -0.3 is 5.32 Å². The Bertz CT molecular complexity index is 628. The fourth-order valence-electron chi connectivity index (χ4n) is 2.51. The molecule has 3 heteroatoms. The van der Waals surface area contributed by atoms with Crippen LogP contribution in [0.2, 0.25) is 0 Å². The van der Waals surface area contributed by atoms with E-state index in [1.165, 1.54) is 5.56 Å². The van der Waals surface area contributed by atoms with Crippen LogP contribution in [0.5, 0.6) is 0 Å². The van der Waals surface area contributed by atoms with Gasteiger partial charge in [0.2, 0.25) is 5.54 Å². The highest BCUT2D eigenvalue weighted by Crippen LogP contribution is 2.20. The van der Waals surface area contributed by atoms with Gasteiger partial charge in [0.25, 0.3) is 0 Å². The van der Waals surface area contributed by atoms with Crippen molar-refractivity contribution in [2.24, 2.45) is 5.92 Å². The Morgan fingerprint density at radius 1 is 1.04 bits per heavy atom. The molecular weight excluding hydrogens is 282 g/mol. The largest absolute Gasteiger partial charge is 0.370 e. The standard InChI is InChI=1S/C20H30N3/c1-15(2)14-21-19-9-7-8-18(22-19)20(5,6)23-12-10-17(11-13-23)16(3)4/h7-13,15-16H,14H2,1-6H3,(H,21,22)/q+1. The summed E-state index contributed by atoms with van der Waals surface area (Å²) in [6, 6.07) is 10.6. The van der Waals surface area contributed by atoms with Crippen LogP contribution in [-0.4, -0.2) is 11.5 Å². The van der Waals surface area contributed by atoms with Gasteiger partial charge in [-0.15, -0.1) is 0 Å². The third-order valence-corrected chi connectivity index (χ3v) is 4.23. The second kappa shape index (κ2) is 7.12. The van der Waals surface area contributed by atoms with Gasteiger partial charge >= 0.3 is 0 Å². The summed E-state index contributed by atoms with van der Waals surface area (Å²) in [5.74, 6) is 2.10. The lowest BCUT2D eigenvalue weighted by Crippen LogP contribution is -2.53. The molecule has 2 aromatic heterocycles. The fourth-order valence-corrected chi connectivity index (χ4v) is 2.51. The third kappa shape index (κ3) is 4.31. The molecule has 0 aliphatic rings. The van der Waals surface area contributed by atoms with Crippen molar-refractivity contribution in [2.45, 2.75) is 53.0 Å². The normalized spacial score (nSPS) is 12.0. The molecule has 0 unspecified atom stereocenters. The molecule has 0 saturated carbocycles. The summed E-state index contributed by atoms with van der Waals surface area (Å²) in [6.45, 7) is 14.2. The van der Waals surface area contributed by atoms with Gasteiger partial charge in [0.15, 0.2) is 12.4 Å². The highest BCUT2D eigenvalue weighted by Gasteiger charge is 2.32. The number of pyridine rings is 2. The smallest absolute Gasteiger partial charge is 0.204 e. The molecular formula is C20H30N3+. The molecule has 0 atom stereocenters. The number of nitrogens with one attached hydrogen (secondary N) is 1. The van der Waals surface area contributed by atoms with Crippen LogP contribution in [0.4, 0.5) is 5.82 Å². The van der Waals surface area contributed by atoms with E-state index in [0.29, 0.717) is 11.8 Å². The maximum Gasteiger partial charge on any atom is 0.204 e. The van der Waals surface area contributed by atoms with Gasteiger partial charge in [-0.2, -0.15) is 4.57 Å². The van der Waals surface area contributed by atoms with Gasteiger partial charge in [0.1, 0.15) is 11.5 Å². The van der Waals surface area contributed by atoms with Crippen molar-refractivity contribution in [1.82, 2.24) is 4.98 Å². The Morgan fingerprint density at radius 3 is 2.26 bits per heavy atom. The lowest BCUT2D eigenvalue weighted by Gasteiger charge is -2.20. The second-order valence-corrected chi connectivity index (χ2v) is 7.44. The number of aromatic nitrogens is 2. The van der Waals surface area contributed by atoms with Crippen LogP contribution in [0.15, 0.2) is 42.7 Å². The quantitative estimate of drug-likeness (QED) is 0.804. The van der Waals surface area contributed by atoms with Crippen molar-refractivity contribution in [3.8, 4) is 0 Å². The monoisotopic (exact) mass is 312 g/mol. The molecule has 0 aromatic carbocycles. The molecule has 0 aliphatic heterocycles. The van der Waals surface area contributed by atoms with Gasteiger partial charge in [0, 0.05) is 32.5 Å². The molecule has 2 aromatic rings. The van der Waals surface area contributed by atoms with Crippen molar-refractivity contribution in [2.75, 3.05) is 11.9 Å². The summed E-state index contributed by atoms with van der Waals surface area (Å²) in [5, 5.41) is 3.41. The van der Waals surface area contributed by atoms with E-state index in [4.69, 9.17) is 4.98 Å². The molecule has 124 valence electrons. The average Bonchev–Trinajstić information content (AvgIpc) is 2.53. The zero-order chi connectivity index (χ0) is 17.0. The summed E-state index contributed by atoms with van der Waals surface area (Å²) in [7, 11) is 0. The Balaban J connectivity index is 2.26. The molecule has 0 fully saturated rings. The first-order valence-electron chi connectivity index (χ1n) is 8.54. The van der Waals surface area contributed by atoms with Gasteiger partial charge in [-0.3, -0.25) is 0 Å². The van der Waals surface area contributed by atoms with Crippen LogP contribution in [0, 0.1) is 5.92 Å². The summed E-state index contributed by atoms with van der Waals surface area (Å²) >= 11 is 0. The van der Waals surface area contributed by atoms with Gasteiger partial charge in [-0.25, -0.2) is 4.98 Å².